The fourth-order valence-corrected chi connectivity index (χ4v) is 3.21. The molecule has 0 aromatic heterocycles. The monoisotopic (exact) mass is 260 g/mol. The molecule has 1 heterocycles. The van der Waals surface area contributed by atoms with Gasteiger partial charge in [-0.05, 0) is 37.1 Å². The molecule has 0 saturated carbocycles. The van der Waals surface area contributed by atoms with Crippen LogP contribution in [0.5, 0.6) is 5.75 Å². The van der Waals surface area contributed by atoms with Crippen molar-refractivity contribution in [2.45, 2.75) is 38.1 Å². The van der Waals surface area contributed by atoms with Crippen LogP contribution in [0.2, 0.25) is 0 Å². The summed E-state index contributed by atoms with van der Waals surface area (Å²) in [6.45, 7) is 10.9. The second-order valence-electron chi connectivity index (χ2n) is 6.06. The Morgan fingerprint density at radius 2 is 2.32 bits per heavy atom. The van der Waals surface area contributed by atoms with Gasteiger partial charge < -0.3 is 9.64 Å². The molecule has 3 atom stereocenters. The fraction of sp³-hybridized carbons (Fsp3) is 0.529. The molecule has 1 aliphatic rings. The van der Waals surface area contributed by atoms with Crippen LogP contribution in [0, 0.1) is 0 Å². The minimum atomic E-state index is 0.249. The number of hydrogen-bond donors (Lipinski definition) is 1. The van der Waals surface area contributed by atoms with Crippen LogP contribution < -0.4 is 9.64 Å². The Labute approximate surface area is 117 Å². The van der Waals surface area contributed by atoms with Crippen molar-refractivity contribution in [2.75, 3.05) is 20.2 Å². The highest BCUT2D eigenvalue weighted by Gasteiger charge is 2.38. The summed E-state index contributed by atoms with van der Waals surface area (Å²) in [6.07, 6.45) is 4.57. The van der Waals surface area contributed by atoms with Crippen molar-refractivity contribution in [1.29, 1.82) is 0 Å². The van der Waals surface area contributed by atoms with Crippen molar-refractivity contribution in [3.63, 3.8) is 0 Å². The lowest BCUT2D eigenvalue weighted by atomic mass is 9.74. The van der Waals surface area contributed by atoms with Crippen molar-refractivity contribution >= 4 is 0 Å². The van der Waals surface area contributed by atoms with Gasteiger partial charge in [-0.15, -0.1) is 0 Å². The molecule has 0 bridgehead atoms. The van der Waals surface area contributed by atoms with Crippen molar-refractivity contribution < 1.29 is 9.64 Å². The summed E-state index contributed by atoms with van der Waals surface area (Å²) in [5.41, 5.74) is 1.65. The van der Waals surface area contributed by atoms with E-state index in [-0.39, 0.29) is 5.41 Å². The lowest BCUT2D eigenvalue weighted by Crippen LogP contribution is -3.17. The van der Waals surface area contributed by atoms with Crippen LogP contribution >= 0.6 is 0 Å². The minimum absolute atomic E-state index is 0.249. The molecule has 2 rings (SSSR count). The first kappa shape index (κ1) is 14.1. The molecule has 104 valence electrons. The van der Waals surface area contributed by atoms with Gasteiger partial charge in [-0.25, -0.2) is 0 Å². The summed E-state index contributed by atoms with van der Waals surface area (Å²) in [7, 11) is 1.74. The first-order valence-corrected chi connectivity index (χ1v) is 7.19. The van der Waals surface area contributed by atoms with Crippen molar-refractivity contribution in [2.24, 2.45) is 0 Å². The van der Waals surface area contributed by atoms with Crippen LogP contribution in [0.15, 0.2) is 36.9 Å². The molecule has 1 saturated heterocycles. The van der Waals surface area contributed by atoms with E-state index in [2.05, 4.69) is 38.6 Å². The number of methoxy groups -OCH3 is 1. The Morgan fingerprint density at radius 3 is 3.00 bits per heavy atom. The molecular weight excluding hydrogens is 234 g/mol. The summed E-state index contributed by atoms with van der Waals surface area (Å²) in [4.78, 5) is 1.64. The van der Waals surface area contributed by atoms with E-state index >= 15 is 0 Å². The first-order valence-electron chi connectivity index (χ1n) is 7.19. The highest BCUT2D eigenvalue weighted by Crippen LogP contribution is 2.32. The third-order valence-corrected chi connectivity index (χ3v) is 4.62. The van der Waals surface area contributed by atoms with Gasteiger partial charge >= 0.3 is 0 Å². The Bertz CT molecular complexity index is 443. The molecular formula is C17H26NO+. The van der Waals surface area contributed by atoms with E-state index < -0.39 is 0 Å². The van der Waals surface area contributed by atoms with Gasteiger partial charge in [-0.1, -0.05) is 25.6 Å². The maximum Gasteiger partial charge on any atom is 0.119 e. The Balaban J connectivity index is 2.23. The molecule has 2 heteroatoms. The average Bonchev–Trinajstić information content (AvgIpc) is 2.43. The quantitative estimate of drug-likeness (QED) is 0.820. The Hall–Kier alpha value is -1.28. The number of benzene rings is 1. The molecule has 0 aliphatic carbocycles. The first-order chi connectivity index (χ1) is 9.09. The Kier molecular flexibility index (Phi) is 4.31. The van der Waals surface area contributed by atoms with Gasteiger partial charge in [0.1, 0.15) is 5.75 Å². The zero-order valence-electron chi connectivity index (χ0n) is 12.4. The van der Waals surface area contributed by atoms with Gasteiger partial charge in [0.25, 0.3) is 0 Å². The molecule has 1 fully saturated rings. The van der Waals surface area contributed by atoms with E-state index in [1.165, 1.54) is 24.9 Å². The predicted octanol–water partition coefficient (Wildman–Crippen LogP) is 2.21. The molecule has 1 aromatic carbocycles. The molecule has 2 nitrogen and oxygen atoms in total. The maximum absolute atomic E-state index is 5.36. The van der Waals surface area contributed by atoms with Crippen LogP contribution in [-0.2, 0) is 5.41 Å². The van der Waals surface area contributed by atoms with Gasteiger partial charge in [0.05, 0.1) is 26.2 Å². The van der Waals surface area contributed by atoms with E-state index in [9.17, 15) is 0 Å². The molecule has 0 spiro atoms. The third kappa shape index (κ3) is 3.01. The lowest BCUT2D eigenvalue weighted by molar-refractivity contribution is -0.927. The molecule has 0 radical (unpaired) electrons. The van der Waals surface area contributed by atoms with Crippen LogP contribution in [0.25, 0.3) is 0 Å². The number of likely N-dealkylation sites (tertiary alicyclic amines) is 1. The predicted molar refractivity (Wildman–Crippen MR) is 79.9 cm³/mol. The highest BCUT2D eigenvalue weighted by molar-refractivity contribution is 5.33. The second-order valence-corrected chi connectivity index (χ2v) is 6.06. The number of nitrogens with one attached hydrogen (secondary N) is 1. The molecule has 1 N–H and O–H groups in total. The van der Waals surface area contributed by atoms with E-state index in [1.807, 2.05) is 12.1 Å². The maximum atomic E-state index is 5.36. The summed E-state index contributed by atoms with van der Waals surface area (Å²) in [5.74, 6) is 0.961. The van der Waals surface area contributed by atoms with Gasteiger partial charge in [-0.2, -0.15) is 0 Å². The summed E-state index contributed by atoms with van der Waals surface area (Å²) >= 11 is 0. The normalized spacial score (nSPS) is 30.9. The number of hydrogen-bond acceptors (Lipinski definition) is 1. The smallest absolute Gasteiger partial charge is 0.119 e. The topological polar surface area (TPSA) is 13.7 Å². The molecule has 0 amide bonds. The van der Waals surface area contributed by atoms with Gasteiger partial charge in [0, 0.05) is 11.8 Å². The van der Waals surface area contributed by atoms with E-state index in [0.29, 0.717) is 0 Å². The van der Waals surface area contributed by atoms with Gasteiger partial charge in [-0.3, -0.25) is 0 Å². The van der Waals surface area contributed by atoms with Crippen LogP contribution in [0.3, 0.4) is 0 Å². The zero-order valence-corrected chi connectivity index (χ0v) is 12.4. The van der Waals surface area contributed by atoms with Crippen LogP contribution in [-0.4, -0.2) is 26.2 Å². The van der Waals surface area contributed by atoms with E-state index in [0.717, 1.165) is 18.3 Å². The third-order valence-electron chi connectivity index (χ3n) is 4.62. The zero-order chi connectivity index (χ0) is 13.9. The molecule has 1 aromatic rings. The summed E-state index contributed by atoms with van der Waals surface area (Å²) in [5, 5.41) is 0. The summed E-state index contributed by atoms with van der Waals surface area (Å²) < 4.78 is 5.36. The van der Waals surface area contributed by atoms with E-state index in [1.54, 1.807) is 12.0 Å². The lowest BCUT2D eigenvalue weighted by Gasteiger charge is -2.41. The Morgan fingerprint density at radius 1 is 1.53 bits per heavy atom. The standard InChI is InChI=1S/C17H25NO/c1-5-11-18-13-17(3,10-9-14(18)2)15-7-6-8-16(12-15)19-4/h5-8,12,14H,1,9-11,13H2,2-4H3/p+1/t14-,17+/m0/s1. The van der Waals surface area contributed by atoms with Gasteiger partial charge in [0.2, 0.25) is 0 Å². The highest BCUT2D eigenvalue weighted by atomic mass is 16.5. The van der Waals surface area contributed by atoms with Crippen molar-refractivity contribution in [3.05, 3.63) is 42.5 Å². The number of quaternary nitrogens is 1. The van der Waals surface area contributed by atoms with Crippen molar-refractivity contribution in [1.82, 2.24) is 0 Å². The molecule has 1 aliphatic heterocycles. The van der Waals surface area contributed by atoms with Crippen molar-refractivity contribution in [3.8, 4) is 5.75 Å². The SMILES string of the molecule is C=CC[NH+]1C[C@](C)(c2cccc(OC)c2)CC[C@@H]1C. The van der Waals surface area contributed by atoms with Gasteiger partial charge in [0.15, 0.2) is 0 Å². The minimum Gasteiger partial charge on any atom is -0.497 e. The van der Waals surface area contributed by atoms with Crippen LogP contribution in [0.4, 0.5) is 0 Å². The van der Waals surface area contributed by atoms with Crippen LogP contribution in [0.1, 0.15) is 32.3 Å². The average molecular weight is 260 g/mol. The number of ether oxygens (including phenoxy) is 1. The largest absolute Gasteiger partial charge is 0.497 e. The summed E-state index contributed by atoms with van der Waals surface area (Å²) in [6, 6.07) is 9.29. The number of rotatable bonds is 4. The molecule has 19 heavy (non-hydrogen) atoms. The second kappa shape index (κ2) is 5.79. The van der Waals surface area contributed by atoms with E-state index in [4.69, 9.17) is 4.74 Å². The molecule has 1 unspecified atom stereocenters. The fourth-order valence-electron chi connectivity index (χ4n) is 3.21. The number of piperidine rings is 1.